The summed E-state index contributed by atoms with van der Waals surface area (Å²) in [6.07, 6.45) is 4.72. The number of hydrogen-bond acceptors (Lipinski definition) is 3. The molecule has 4 nitrogen and oxygen atoms in total. The predicted molar refractivity (Wildman–Crippen MR) is 46.0 cm³/mol. The zero-order valence-corrected chi connectivity index (χ0v) is 7.50. The normalized spacial score (nSPS) is 30.1. The van der Waals surface area contributed by atoms with Gasteiger partial charge >= 0.3 is 0 Å². The van der Waals surface area contributed by atoms with Gasteiger partial charge in [-0.3, -0.25) is 4.55 Å². The van der Waals surface area contributed by atoms with Crippen LogP contribution >= 0.6 is 0 Å². The molecule has 1 aliphatic carbocycles. The van der Waals surface area contributed by atoms with Crippen molar-refractivity contribution in [3.63, 3.8) is 0 Å². The van der Waals surface area contributed by atoms with Gasteiger partial charge in [-0.1, -0.05) is 17.7 Å². The topological polar surface area (TPSA) is 80.4 Å². The molecule has 0 spiro atoms. The third-order valence-corrected chi connectivity index (χ3v) is 3.04. The minimum atomic E-state index is -4.21. The summed E-state index contributed by atoms with van der Waals surface area (Å²) in [6.45, 7) is 1.76. The third kappa shape index (κ3) is 1.57. The predicted octanol–water partition coefficient (Wildman–Crippen LogP) is 0.435. The van der Waals surface area contributed by atoms with Crippen LogP contribution in [0, 0.1) is 0 Å². The van der Waals surface area contributed by atoms with Gasteiger partial charge < -0.3 is 5.73 Å². The average molecular weight is 189 g/mol. The maximum Gasteiger partial charge on any atom is 0.287 e. The molecule has 0 aromatic carbocycles. The van der Waals surface area contributed by atoms with Crippen molar-refractivity contribution in [3.8, 4) is 0 Å². The van der Waals surface area contributed by atoms with E-state index in [9.17, 15) is 8.42 Å². The second-order valence-electron chi connectivity index (χ2n) is 2.98. The van der Waals surface area contributed by atoms with E-state index in [0.717, 1.165) is 5.57 Å². The Balaban J connectivity index is 3.07. The van der Waals surface area contributed by atoms with E-state index in [0.29, 0.717) is 0 Å². The molecule has 0 bridgehead atoms. The Morgan fingerprint density at radius 3 is 2.58 bits per heavy atom. The van der Waals surface area contributed by atoms with E-state index >= 15 is 0 Å². The van der Waals surface area contributed by atoms with Crippen LogP contribution in [0.25, 0.3) is 0 Å². The third-order valence-electron chi connectivity index (χ3n) is 1.79. The highest BCUT2D eigenvalue weighted by Crippen LogP contribution is 2.24. The maximum atomic E-state index is 10.8. The molecule has 68 valence electrons. The van der Waals surface area contributed by atoms with E-state index < -0.39 is 15.0 Å². The van der Waals surface area contributed by atoms with E-state index in [1.165, 1.54) is 12.2 Å². The van der Waals surface area contributed by atoms with Crippen molar-refractivity contribution >= 4 is 10.1 Å². The molecule has 1 rings (SSSR count). The van der Waals surface area contributed by atoms with Gasteiger partial charge in [-0.15, -0.1) is 0 Å². The fourth-order valence-electron chi connectivity index (χ4n) is 1.11. The van der Waals surface area contributed by atoms with Crippen molar-refractivity contribution in [1.29, 1.82) is 0 Å². The average Bonchev–Trinajstić information content (AvgIpc) is 1.83. The Morgan fingerprint density at radius 2 is 2.25 bits per heavy atom. The van der Waals surface area contributed by atoms with Gasteiger partial charge in [-0.25, -0.2) is 0 Å². The summed E-state index contributed by atoms with van der Waals surface area (Å²) in [7, 11) is -4.21. The van der Waals surface area contributed by atoms with Crippen LogP contribution in [0.2, 0.25) is 0 Å². The van der Waals surface area contributed by atoms with E-state index in [2.05, 4.69) is 0 Å². The van der Waals surface area contributed by atoms with E-state index in [1.807, 2.05) is 0 Å². The molecule has 0 amide bonds. The molecule has 0 radical (unpaired) electrons. The van der Waals surface area contributed by atoms with E-state index in [4.69, 9.17) is 10.3 Å². The fourth-order valence-corrected chi connectivity index (χ4v) is 1.77. The van der Waals surface area contributed by atoms with Crippen LogP contribution in [-0.2, 0) is 10.1 Å². The second kappa shape index (κ2) is 2.69. The Kier molecular flexibility index (Phi) is 2.11. The zero-order valence-electron chi connectivity index (χ0n) is 6.69. The summed E-state index contributed by atoms with van der Waals surface area (Å²) in [5.74, 6) is 0. The molecule has 5 heteroatoms. The molecule has 0 saturated carbocycles. The summed E-state index contributed by atoms with van der Waals surface area (Å²) < 4.78 is 30.4. The van der Waals surface area contributed by atoms with E-state index in [1.54, 1.807) is 13.0 Å². The Morgan fingerprint density at radius 1 is 1.67 bits per heavy atom. The molecule has 1 unspecified atom stereocenters. The number of hydrogen-bond donors (Lipinski definition) is 2. The molecule has 3 N–H and O–H groups in total. The van der Waals surface area contributed by atoms with Crippen LogP contribution < -0.4 is 5.73 Å². The minimum Gasteiger partial charge on any atom is -0.307 e. The number of rotatable bonds is 1. The Bertz CT molecular complexity index is 342. The lowest BCUT2D eigenvalue weighted by molar-refractivity contribution is 0.445. The van der Waals surface area contributed by atoms with Gasteiger partial charge in [0.2, 0.25) is 0 Å². The summed E-state index contributed by atoms with van der Waals surface area (Å²) in [4.78, 5) is -1.63. The van der Waals surface area contributed by atoms with Gasteiger partial charge in [0, 0.05) is 6.42 Å². The smallest absolute Gasteiger partial charge is 0.287 e. The van der Waals surface area contributed by atoms with Gasteiger partial charge in [-0.2, -0.15) is 8.42 Å². The quantitative estimate of drug-likeness (QED) is 0.586. The molecule has 0 aliphatic heterocycles. The van der Waals surface area contributed by atoms with Crippen molar-refractivity contribution < 1.29 is 13.0 Å². The monoisotopic (exact) mass is 189 g/mol. The summed E-state index contributed by atoms with van der Waals surface area (Å²) in [5.41, 5.74) is 6.29. The first-order chi connectivity index (χ1) is 5.35. The molecular weight excluding hydrogens is 178 g/mol. The summed E-state index contributed by atoms with van der Waals surface area (Å²) >= 11 is 0. The van der Waals surface area contributed by atoms with Gasteiger partial charge in [0.25, 0.3) is 10.1 Å². The minimum absolute atomic E-state index is 0.141. The van der Waals surface area contributed by atoms with Crippen molar-refractivity contribution in [1.82, 2.24) is 0 Å². The summed E-state index contributed by atoms with van der Waals surface area (Å²) in [5, 5.41) is 0. The molecule has 0 aromatic rings. The van der Waals surface area contributed by atoms with Crippen LogP contribution in [0.3, 0.4) is 0 Å². The Hall–Kier alpha value is -0.650. The van der Waals surface area contributed by atoms with Gasteiger partial charge in [-0.05, 0) is 13.0 Å². The fraction of sp³-hybridized carbons (Fsp3) is 0.429. The van der Waals surface area contributed by atoms with E-state index in [-0.39, 0.29) is 6.42 Å². The van der Waals surface area contributed by atoms with Crippen molar-refractivity contribution in [2.24, 2.45) is 5.73 Å². The molecular formula is C7H11NO3S. The van der Waals surface area contributed by atoms with Crippen molar-refractivity contribution in [3.05, 3.63) is 23.8 Å². The first kappa shape index (κ1) is 9.44. The lowest BCUT2D eigenvalue weighted by atomic mass is 10.0. The Labute approximate surface area is 71.5 Å². The highest BCUT2D eigenvalue weighted by Gasteiger charge is 2.37. The molecule has 0 heterocycles. The lowest BCUT2D eigenvalue weighted by Gasteiger charge is -2.24. The zero-order chi connectivity index (χ0) is 9.41. The van der Waals surface area contributed by atoms with Crippen LogP contribution in [0.15, 0.2) is 23.8 Å². The van der Waals surface area contributed by atoms with Crippen LogP contribution in [0.4, 0.5) is 0 Å². The molecule has 12 heavy (non-hydrogen) atoms. The molecule has 0 fully saturated rings. The second-order valence-corrected chi connectivity index (χ2v) is 4.69. The molecule has 0 aromatic heterocycles. The molecule has 0 saturated heterocycles. The first-order valence-electron chi connectivity index (χ1n) is 3.46. The first-order valence-corrected chi connectivity index (χ1v) is 4.90. The van der Waals surface area contributed by atoms with Crippen molar-refractivity contribution in [2.45, 2.75) is 18.2 Å². The largest absolute Gasteiger partial charge is 0.307 e. The highest BCUT2D eigenvalue weighted by atomic mass is 32.2. The van der Waals surface area contributed by atoms with Crippen LogP contribution in [0.1, 0.15) is 13.3 Å². The number of allylic oxidation sites excluding steroid dienone is 2. The molecule has 1 atom stereocenters. The number of nitrogens with two attached hydrogens (primary N) is 1. The maximum absolute atomic E-state index is 10.8. The molecule has 1 aliphatic rings. The van der Waals surface area contributed by atoms with Crippen LogP contribution in [0.5, 0.6) is 0 Å². The standard InChI is InChI=1S/C7H11NO3S/c1-6-3-2-4-7(8,5-6)12(9,10)11/h2-4H,5,8H2,1H3,(H,9,10,11). The highest BCUT2D eigenvalue weighted by molar-refractivity contribution is 7.87. The SMILES string of the molecule is CC1=CC=CC(N)(S(=O)(=O)O)C1. The lowest BCUT2D eigenvalue weighted by Crippen LogP contribution is -2.46. The van der Waals surface area contributed by atoms with Gasteiger partial charge in [0.05, 0.1) is 0 Å². The van der Waals surface area contributed by atoms with Gasteiger partial charge in [0.1, 0.15) is 0 Å². The summed E-state index contributed by atoms with van der Waals surface area (Å²) in [6, 6.07) is 0. The van der Waals surface area contributed by atoms with Crippen LogP contribution in [-0.4, -0.2) is 17.8 Å². The van der Waals surface area contributed by atoms with Crippen molar-refractivity contribution in [2.75, 3.05) is 0 Å². The van der Waals surface area contributed by atoms with Gasteiger partial charge in [0.15, 0.2) is 4.87 Å².